The van der Waals surface area contributed by atoms with Crippen LogP contribution < -0.4 is 10.5 Å². The number of ether oxygens (including phenoxy) is 1. The Balaban J connectivity index is 1.74. The van der Waals surface area contributed by atoms with Gasteiger partial charge < -0.3 is 15.4 Å². The fourth-order valence-electron chi connectivity index (χ4n) is 3.20. The third-order valence-electron chi connectivity index (χ3n) is 4.71. The van der Waals surface area contributed by atoms with Crippen LogP contribution in [0.5, 0.6) is 5.75 Å². The number of amides is 1. The van der Waals surface area contributed by atoms with Crippen molar-refractivity contribution in [2.75, 3.05) is 39.8 Å². The first-order valence-electron chi connectivity index (χ1n) is 9.16. The zero-order valence-electron chi connectivity index (χ0n) is 15.2. The van der Waals surface area contributed by atoms with E-state index in [9.17, 15) is 9.18 Å². The Morgan fingerprint density at radius 3 is 2.56 bits per heavy atom. The van der Waals surface area contributed by atoms with Gasteiger partial charge in [-0.3, -0.25) is 9.69 Å². The molecule has 1 aliphatic rings. The zero-order chi connectivity index (χ0) is 18.1. The maximum Gasteiger partial charge on any atom is 0.222 e. The normalized spacial score (nSPS) is 15.4. The van der Waals surface area contributed by atoms with Crippen LogP contribution in [-0.4, -0.2) is 55.5 Å². The molecule has 0 saturated carbocycles. The van der Waals surface area contributed by atoms with Gasteiger partial charge in [-0.1, -0.05) is 12.8 Å². The van der Waals surface area contributed by atoms with Gasteiger partial charge in [0.15, 0.2) is 0 Å². The molecule has 1 heterocycles. The van der Waals surface area contributed by atoms with Crippen LogP contribution in [0.3, 0.4) is 0 Å². The summed E-state index contributed by atoms with van der Waals surface area (Å²) in [6.07, 6.45) is 4.79. The third kappa shape index (κ3) is 6.29. The van der Waals surface area contributed by atoms with Crippen molar-refractivity contribution in [1.82, 2.24) is 9.80 Å². The predicted octanol–water partition coefficient (Wildman–Crippen LogP) is 2.39. The Hall–Kier alpha value is -1.66. The quantitative estimate of drug-likeness (QED) is 0.694. The second kappa shape index (κ2) is 10.4. The van der Waals surface area contributed by atoms with E-state index in [0.717, 1.165) is 64.0 Å². The molecule has 1 fully saturated rings. The molecule has 0 bridgehead atoms. The molecule has 140 valence electrons. The zero-order valence-corrected chi connectivity index (χ0v) is 15.2. The van der Waals surface area contributed by atoms with E-state index in [2.05, 4.69) is 4.90 Å². The molecular weight excluding hydrogens is 321 g/mol. The summed E-state index contributed by atoms with van der Waals surface area (Å²) in [5.41, 5.74) is 6.32. The molecule has 2 rings (SSSR count). The minimum absolute atomic E-state index is 0.246. The average Bonchev–Trinajstić information content (AvgIpc) is 2.62. The van der Waals surface area contributed by atoms with Gasteiger partial charge >= 0.3 is 0 Å². The van der Waals surface area contributed by atoms with Gasteiger partial charge in [0.1, 0.15) is 11.6 Å². The number of nitrogens with two attached hydrogens (primary N) is 1. The van der Waals surface area contributed by atoms with Crippen molar-refractivity contribution in [3.05, 3.63) is 29.6 Å². The Kier molecular flexibility index (Phi) is 8.15. The van der Waals surface area contributed by atoms with Gasteiger partial charge in [0.25, 0.3) is 0 Å². The second-order valence-electron chi connectivity index (χ2n) is 6.57. The molecule has 25 heavy (non-hydrogen) atoms. The van der Waals surface area contributed by atoms with E-state index in [0.29, 0.717) is 18.7 Å². The Morgan fingerprint density at radius 1 is 1.16 bits per heavy atom. The van der Waals surface area contributed by atoms with Crippen LogP contribution in [0.1, 0.15) is 37.7 Å². The van der Waals surface area contributed by atoms with Crippen molar-refractivity contribution in [3.63, 3.8) is 0 Å². The molecular formula is C19H30FN3O2. The van der Waals surface area contributed by atoms with E-state index < -0.39 is 0 Å². The van der Waals surface area contributed by atoms with Crippen molar-refractivity contribution < 1.29 is 13.9 Å². The number of hydrogen-bond donors (Lipinski definition) is 1. The summed E-state index contributed by atoms with van der Waals surface area (Å²) in [5, 5.41) is 0. The highest BCUT2D eigenvalue weighted by molar-refractivity contribution is 5.76. The maximum atomic E-state index is 13.5. The van der Waals surface area contributed by atoms with Gasteiger partial charge in [-0.25, -0.2) is 4.39 Å². The molecule has 1 aliphatic heterocycles. The molecule has 1 amide bonds. The summed E-state index contributed by atoms with van der Waals surface area (Å²) >= 11 is 0. The summed E-state index contributed by atoms with van der Waals surface area (Å²) in [6.45, 7) is 4.45. The first kappa shape index (κ1) is 19.7. The number of piperazine rings is 1. The molecule has 1 aromatic carbocycles. The smallest absolute Gasteiger partial charge is 0.222 e. The first-order valence-corrected chi connectivity index (χ1v) is 9.16. The third-order valence-corrected chi connectivity index (χ3v) is 4.71. The molecule has 0 atom stereocenters. The summed E-state index contributed by atoms with van der Waals surface area (Å²) in [5.74, 6) is 0.701. The highest BCUT2D eigenvalue weighted by atomic mass is 19.1. The first-order chi connectivity index (χ1) is 12.1. The van der Waals surface area contributed by atoms with Gasteiger partial charge in [0, 0.05) is 44.7 Å². The lowest BCUT2D eigenvalue weighted by atomic mass is 10.1. The van der Waals surface area contributed by atoms with Crippen LogP contribution in [0, 0.1) is 5.82 Å². The van der Waals surface area contributed by atoms with Gasteiger partial charge in [-0.05, 0) is 37.6 Å². The number of unbranched alkanes of at least 4 members (excludes halogenated alkanes) is 3. The van der Waals surface area contributed by atoms with Crippen LogP contribution in [0.2, 0.25) is 0 Å². The van der Waals surface area contributed by atoms with Crippen molar-refractivity contribution in [3.8, 4) is 5.75 Å². The maximum absolute atomic E-state index is 13.5. The number of benzene rings is 1. The van der Waals surface area contributed by atoms with E-state index in [-0.39, 0.29) is 11.7 Å². The van der Waals surface area contributed by atoms with E-state index in [1.807, 2.05) is 4.90 Å². The van der Waals surface area contributed by atoms with Crippen LogP contribution >= 0.6 is 0 Å². The fraction of sp³-hybridized carbons (Fsp3) is 0.632. The summed E-state index contributed by atoms with van der Waals surface area (Å²) in [6, 6.07) is 4.60. The second-order valence-corrected chi connectivity index (χ2v) is 6.57. The minimum Gasteiger partial charge on any atom is -0.496 e. The number of carbonyl (C=O) groups is 1. The van der Waals surface area contributed by atoms with Crippen molar-refractivity contribution in [2.24, 2.45) is 5.73 Å². The highest BCUT2D eigenvalue weighted by Gasteiger charge is 2.21. The predicted molar refractivity (Wildman–Crippen MR) is 96.9 cm³/mol. The van der Waals surface area contributed by atoms with Crippen LogP contribution in [0.25, 0.3) is 0 Å². The number of nitrogens with zero attached hydrogens (tertiary/aromatic N) is 2. The molecule has 0 unspecified atom stereocenters. The summed E-state index contributed by atoms with van der Waals surface area (Å²) in [7, 11) is 1.60. The molecule has 1 saturated heterocycles. The molecule has 6 heteroatoms. The Labute approximate surface area is 149 Å². The minimum atomic E-state index is -0.251. The van der Waals surface area contributed by atoms with Gasteiger partial charge in [0.2, 0.25) is 5.91 Å². The van der Waals surface area contributed by atoms with Gasteiger partial charge in [0.05, 0.1) is 7.11 Å². The Bertz CT molecular complexity index is 545. The largest absolute Gasteiger partial charge is 0.496 e. The van der Waals surface area contributed by atoms with Gasteiger partial charge in [-0.2, -0.15) is 0 Å². The molecule has 0 spiro atoms. The standard InChI is InChI=1S/C19H30FN3O2/c1-25-18-8-7-17(20)14-16(18)15-22-10-12-23(13-11-22)19(24)6-4-2-3-5-9-21/h7-8,14H,2-6,9-13,15,21H2,1H3. The van der Waals surface area contributed by atoms with Crippen LogP contribution in [0.15, 0.2) is 18.2 Å². The summed E-state index contributed by atoms with van der Waals surface area (Å²) in [4.78, 5) is 16.4. The number of rotatable bonds is 9. The fourth-order valence-corrected chi connectivity index (χ4v) is 3.20. The van der Waals surface area contributed by atoms with Crippen molar-refractivity contribution in [1.29, 1.82) is 0 Å². The van der Waals surface area contributed by atoms with Crippen LogP contribution in [0.4, 0.5) is 4.39 Å². The van der Waals surface area contributed by atoms with E-state index in [4.69, 9.17) is 10.5 Å². The lowest BCUT2D eigenvalue weighted by Crippen LogP contribution is -2.48. The lowest BCUT2D eigenvalue weighted by molar-refractivity contribution is -0.133. The molecule has 5 nitrogen and oxygen atoms in total. The molecule has 2 N–H and O–H groups in total. The monoisotopic (exact) mass is 351 g/mol. The molecule has 0 aromatic heterocycles. The van der Waals surface area contributed by atoms with E-state index in [1.54, 1.807) is 13.2 Å². The van der Waals surface area contributed by atoms with Crippen LogP contribution in [-0.2, 0) is 11.3 Å². The number of hydrogen-bond acceptors (Lipinski definition) is 4. The topological polar surface area (TPSA) is 58.8 Å². The Morgan fingerprint density at radius 2 is 1.88 bits per heavy atom. The van der Waals surface area contributed by atoms with E-state index in [1.165, 1.54) is 12.1 Å². The average molecular weight is 351 g/mol. The van der Waals surface area contributed by atoms with E-state index >= 15 is 0 Å². The SMILES string of the molecule is COc1ccc(F)cc1CN1CCN(C(=O)CCCCCCN)CC1. The molecule has 0 aliphatic carbocycles. The number of methoxy groups -OCH3 is 1. The van der Waals surface area contributed by atoms with Crippen molar-refractivity contribution >= 4 is 5.91 Å². The number of carbonyl (C=O) groups excluding carboxylic acids is 1. The van der Waals surface area contributed by atoms with Crippen molar-refractivity contribution in [2.45, 2.75) is 38.6 Å². The highest BCUT2D eigenvalue weighted by Crippen LogP contribution is 2.21. The summed E-state index contributed by atoms with van der Waals surface area (Å²) < 4.78 is 18.8. The van der Waals surface area contributed by atoms with Gasteiger partial charge in [-0.15, -0.1) is 0 Å². The number of halogens is 1. The molecule has 0 radical (unpaired) electrons. The molecule has 1 aromatic rings. The lowest BCUT2D eigenvalue weighted by Gasteiger charge is -2.35.